The number of H-pyrrole nitrogens is 1. The maximum Gasteiger partial charge on any atom is 0.270 e. The van der Waals surface area contributed by atoms with Crippen LogP contribution in [0.15, 0.2) is 29.3 Å². The smallest absolute Gasteiger partial charge is 0.270 e. The number of carbonyl (C=O) groups excluding carboxylic acids is 2. The summed E-state index contributed by atoms with van der Waals surface area (Å²) in [6, 6.07) is 0.474. The van der Waals surface area contributed by atoms with Crippen LogP contribution in [0.5, 0.6) is 0 Å². The number of amides is 2. The lowest BCUT2D eigenvalue weighted by molar-refractivity contribution is -0.121. The number of aromatic nitrogens is 6. The molecule has 0 bridgehead atoms. The average molecular weight is 631 g/mol. The minimum absolute atomic E-state index is 0.00298. The number of carbonyl (C=O) groups is 2. The summed E-state index contributed by atoms with van der Waals surface area (Å²) in [5, 5.41) is 18.5. The van der Waals surface area contributed by atoms with Gasteiger partial charge < -0.3 is 10.6 Å². The largest absolute Gasteiger partial charge is 0.339 e. The SMILES string of the molecule is CC(c1cc(Cl)n[nH]c1=O)n1cc(NC(=O)[C@@H](NC(=O)c2ccnn2CC2CC(F)(F)C2)C2CCC(F)(F)CC2)c(F)n1. The second kappa shape index (κ2) is 11.7. The maximum atomic E-state index is 14.9. The summed E-state index contributed by atoms with van der Waals surface area (Å²) >= 11 is 5.86. The van der Waals surface area contributed by atoms with E-state index in [0.717, 1.165) is 10.9 Å². The molecule has 232 valence electrons. The number of hydrogen-bond acceptors (Lipinski definition) is 6. The van der Waals surface area contributed by atoms with Gasteiger partial charge in [-0.05, 0) is 43.7 Å². The van der Waals surface area contributed by atoms with Gasteiger partial charge in [-0.15, -0.1) is 5.10 Å². The normalized spacial score (nSPS) is 19.8. The Morgan fingerprint density at radius 1 is 1.19 bits per heavy atom. The van der Waals surface area contributed by atoms with Crippen LogP contribution < -0.4 is 16.2 Å². The van der Waals surface area contributed by atoms with Gasteiger partial charge in [0.25, 0.3) is 17.4 Å². The van der Waals surface area contributed by atoms with E-state index in [1.54, 1.807) is 0 Å². The van der Waals surface area contributed by atoms with Crippen molar-refractivity contribution in [1.29, 1.82) is 0 Å². The maximum absolute atomic E-state index is 14.9. The Hall–Kier alpha value is -3.82. The molecule has 5 rings (SSSR count). The molecule has 17 heteroatoms. The molecule has 2 aliphatic carbocycles. The summed E-state index contributed by atoms with van der Waals surface area (Å²) in [4.78, 5) is 38.9. The molecule has 0 aliphatic heterocycles. The topological polar surface area (TPSA) is 140 Å². The van der Waals surface area contributed by atoms with E-state index < -0.39 is 66.0 Å². The third kappa shape index (κ3) is 6.89. The lowest BCUT2D eigenvalue weighted by Crippen LogP contribution is -2.50. The van der Waals surface area contributed by atoms with Gasteiger partial charge in [0.15, 0.2) is 0 Å². The standard InChI is InChI=1S/C26H28ClF5N8O3/c1-13(16-8-19(27)36-37-22(16)41)39-12-17(21(28)38-39)34-24(43)20(15-2-5-25(29,30)6-3-15)35-23(42)18-4-7-33-40(18)11-14-9-26(31,32)10-14/h4,7-8,12-15,20H,2-3,5-6,9-11H2,1H3,(H,34,43)(H,35,42)(H,37,41)/t13?,20-/m0/s1. The number of aromatic amines is 1. The van der Waals surface area contributed by atoms with Gasteiger partial charge in [0, 0.05) is 44.0 Å². The lowest BCUT2D eigenvalue weighted by Gasteiger charge is -2.35. The van der Waals surface area contributed by atoms with Gasteiger partial charge in [-0.1, -0.05) is 11.6 Å². The molecule has 2 saturated carbocycles. The van der Waals surface area contributed by atoms with E-state index in [-0.39, 0.29) is 60.2 Å². The third-order valence-corrected chi connectivity index (χ3v) is 8.14. The molecule has 1 unspecified atom stereocenters. The number of hydrogen-bond donors (Lipinski definition) is 3. The number of nitrogens with one attached hydrogen (secondary N) is 3. The van der Waals surface area contributed by atoms with Gasteiger partial charge >= 0.3 is 0 Å². The van der Waals surface area contributed by atoms with Gasteiger partial charge in [-0.25, -0.2) is 22.7 Å². The van der Waals surface area contributed by atoms with Gasteiger partial charge in [-0.2, -0.15) is 14.6 Å². The second-order valence-corrected chi connectivity index (χ2v) is 11.5. The summed E-state index contributed by atoms with van der Waals surface area (Å²) in [5.41, 5.74) is -0.829. The summed E-state index contributed by atoms with van der Waals surface area (Å²) < 4.78 is 71.7. The fourth-order valence-corrected chi connectivity index (χ4v) is 5.71. The minimum atomic E-state index is -2.91. The van der Waals surface area contributed by atoms with Crippen LogP contribution in [-0.4, -0.2) is 59.5 Å². The van der Waals surface area contributed by atoms with Crippen LogP contribution in [0.2, 0.25) is 5.15 Å². The molecule has 2 atom stereocenters. The molecular formula is C26H28ClF5N8O3. The monoisotopic (exact) mass is 630 g/mol. The summed E-state index contributed by atoms with van der Waals surface area (Å²) in [7, 11) is 0. The minimum Gasteiger partial charge on any atom is -0.339 e. The number of rotatable bonds is 9. The van der Waals surface area contributed by atoms with Crippen LogP contribution in [0.1, 0.15) is 67.5 Å². The van der Waals surface area contributed by atoms with E-state index in [2.05, 4.69) is 31.0 Å². The Balaban J connectivity index is 1.34. The van der Waals surface area contributed by atoms with Gasteiger partial charge in [0.2, 0.25) is 17.8 Å². The van der Waals surface area contributed by atoms with Crippen molar-refractivity contribution in [2.24, 2.45) is 11.8 Å². The molecule has 3 aromatic rings. The van der Waals surface area contributed by atoms with Crippen molar-refractivity contribution in [2.45, 2.75) is 75.9 Å². The zero-order chi connectivity index (χ0) is 31.1. The molecule has 2 fully saturated rings. The molecular weight excluding hydrogens is 603 g/mol. The zero-order valence-corrected chi connectivity index (χ0v) is 23.6. The van der Waals surface area contributed by atoms with E-state index >= 15 is 0 Å². The van der Waals surface area contributed by atoms with Crippen LogP contribution in [0.25, 0.3) is 0 Å². The highest BCUT2D eigenvalue weighted by molar-refractivity contribution is 6.29. The Labute approximate surface area is 246 Å². The lowest BCUT2D eigenvalue weighted by atomic mass is 9.81. The highest BCUT2D eigenvalue weighted by atomic mass is 35.5. The van der Waals surface area contributed by atoms with Crippen molar-refractivity contribution < 1.29 is 31.5 Å². The molecule has 11 nitrogen and oxygen atoms in total. The van der Waals surface area contributed by atoms with Crippen LogP contribution in [0, 0.1) is 17.8 Å². The summed E-state index contributed by atoms with van der Waals surface area (Å²) in [6.45, 7) is 1.60. The van der Waals surface area contributed by atoms with Gasteiger partial charge in [0.1, 0.15) is 22.6 Å². The highest BCUT2D eigenvalue weighted by Gasteiger charge is 2.46. The van der Waals surface area contributed by atoms with E-state index in [4.69, 9.17) is 11.6 Å². The first-order valence-electron chi connectivity index (χ1n) is 13.6. The van der Waals surface area contributed by atoms with Crippen LogP contribution >= 0.6 is 11.6 Å². The van der Waals surface area contributed by atoms with Crippen molar-refractivity contribution in [3.8, 4) is 0 Å². The Morgan fingerprint density at radius 3 is 2.56 bits per heavy atom. The Morgan fingerprint density at radius 2 is 1.88 bits per heavy atom. The molecule has 0 radical (unpaired) electrons. The number of anilines is 1. The number of halogens is 6. The highest BCUT2D eigenvalue weighted by Crippen LogP contribution is 2.43. The van der Waals surface area contributed by atoms with Crippen molar-refractivity contribution >= 4 is 29.1 Å². The molecule has 3 aromatic heterocycles. The number of alkyl halides is 4. The first-order valence-corrected chi connectivity index (χ1v) is 14.0. The van der Waals surface area contributed by atoms with E-state index in [0.29, 0.717) is 0 Å². The molecule has 2 aliphatic rings. The average Bonchev–Trinajstić information content (AvgIpc) is 3.53. The molecule has 2 amide bonds. The summed E-state index contributed by atoms with van der Waals surface area (Å²) in [5.74, 6) is -9.49. The first-order chi connectivity index (χ1) is 20.2. The van der Waals surface area contributed by atoms with Crippen LogP contribution in [0.3, 0.4) is 0 Å². The Kier molecular flexibility index (Phi) is 8.33. The summed E-state index contributed by atoms with van der Waals surface area (Å²) in [6.07, 6.45) is 0.594. The molecule has 0 saturated heterocycles. The van der Waals surface area contributed by atoms with Gasteiger partial charge in [-0.3, -0.25) is 23.7 Å². The molecule has 43 heavy (non-hydrogen) atoms. The molecule has 0 aromatic carbocycles. The van der Waals surface area contributed by atoms with Crippen LogP contribution in [-0.2, 0) is 11.3 Å². The predicted molar refractivity (Wildman–Crippen MR) is 143 cm³/mol. The van der Waals surface area contributed by atoms with E-state index in [1.807, 2.05) is 0 Å². The fraction of sp³-hybridized carbons (Fsp3) is 0.538. The second-order valence-electron chi connectivity index (χ2n) is 11.1. The molecule has 3 N–H and O–H groups in total. The Bertz CT molecular complexity index is 1560. The van der Waals surface area contributed by atoms with E-state index in [9.17, 15) is 36.3 Å². The van der Waals surface area contributed by atoms with Crippen LogP contribution in [0.4, 0.5) is 27.6 Å². The first kappa shape index (κ1) is 30.6. The predicted octanol–water partition coefficient (Wildman–Crippen LogP) is 4.17. The quantitative estimate of drug-likeness (QED) is 0.303. The number of nitrogens with zero attached hydrogens (tertiary/aromatic N) is 5. The molecule has 0 spiro atoms. The van der Waals surface area contributed by atoms with Crippen molar-refractivity contribution in [3.05, 3.63) is 57.2 Å². The van der Waals surface area contributed by atoms with Crippen molar-refractivity contribution in [1.82, 2.24) is 35.1 Å². The fourth-order valence-electron chi connectivity index (χ4n) is 5.55. The van der Waals surface area contributed by atoms with E-state index in [1.165, 1.54) is 29.9 Å². The molecule has 3 heterocycles. The third-order valence-electron chi connectivity index (χ3n) is 7.95. The van der Waals surface area contributed by atoms with Crippen molar-refractivity contribution in [2.75, 3.05) is 5.32 Å². The zero-order valence-electron chi connectivity index (χ0n) is 22.8. The van der Waals surface area contributed by atoms with Gasteiger partial charge in [0.05, 0.1) is 12.2 Å². The van der Waals surface area contributed by atoms with Crippen molar-refractivity contribution in [3.63, 3.8) is 0 Å².